The molecule has 8 heteroatoms. The smallest absolute Gasteiger partial charge is 0.294 e. The molecule has 1 N–H and O–H groups in total. The van der Waals surface area contributed by atoms with Crippen LogP contribution in [0.3, 0.4) is 0 Å². The lowest BCUT2D eigenvalue weighted by Gasteiger charge is -2.12. The Balaban J connectivity index is 1.69. The zero-order valence-electron chi connectivity index (χ0n) is 16.3. The van der Waals surface area contributed by atoms with Gasteiger partial charge in [-0.05, 0) is 48.2 Å². The Morgan fingerprint density at radius 1 is 1.17 bits per heavy atom. The van der Waals surface area contributed by atoms with Crippen LogP contribution in [0.4, 0.5) is 10.5 Å². The fourth-order valence-corrected chi connectivity index (χ4v) is 3.51. The normalized spacial score (nSPS) is 14.7. The highest BCUT2D eigenvalue weighted by molar-refractivity contribution is 8.18. The minimum atomic E-state index is -0.520. The zero-order valence-corrected chi connectivity index (χ0v) is 17.1. The van der Waals surface area contributed by atoms with E-state index in [4.69, 9.17) is 9.47 Å². The number of rotatable bonds is 8. The molecule has 0 unspecified atom stereocenters. The van der Waals surface area contributed by atoms with Gasteiger partial charge in [0, 0.05) is 11.3 Å². The molecule has 0 atom stereocenters. The van der Waals surface area contributed by atoms with Gasteiger partial charge < -0.3 is 14.8 Å². The molecule has 154 valence electrons. The number of hydrogen-bond acceptors (Lipinski definition) is 6. The summed E-state index contributed by atoms with van der Waals surface area (Å²) in [5, 5.41) is 2.16. The largest absolute Gasteiger partial charge is 0.497 e. The van der Waals surface area contributed by atoms with Gasteiger partial charge in [-0.25, -0.2) is 0 Å². The Bertz CT molecular complexity index is 1000. The van der Waals surface area contributed by atoms with Gasteiger partial charge >= 0.3 is 0 Å². The van der Waals surface area contributed by atoms with Crippen LogP contribution in [0.5, 0.6) is 11.5 Å². The second kappa shape index (κ2) is 9.80. The number of hydrogen-bond donors (Lipinski definition) is 1. The third kappa shape index (κ3) is 5.09. The first-order valence-corrected chi connectivity index (χ1v) is 9.85. The molecule has 2 aromatic carbocycles. The number of para-hydroxylation sites is 1. The van der Waals surface area contributed by atoms with Gasteiger partial charge in [0.1, 0.15) is 24.7 Å². The van der Waals surface area contributed by atoms with Gasteiger partial charge in [-0.2, -0.15) is 0 Å². The highest BCUT2D eigenvalue weighted by atomic mass is 32.2. The number of benzene rings is 2. The van der Waals surface area contributed by atoms with E-state index in [1.807, 2.05) is 6.07 Å². The molecule has 1 aliphatic rings. The maximum Gasteiger partial charge on any atom is 0.294 e. The van der Waals surface area contributed by atoms with Crippen molar-refractivity contribution in [2.24, 2.45) is 0 Å². The number of imide groups is 1. The van der Waals surface area contributed by atoms with Gasteiger partial charge in [0.2, 0.25) is 5.91 Å². The van der Waals surface area contributed by atoms with Crippen molar-refractivity contribution in [1.29, 1.82) is 0 Å². The first-order valence-electron chi connectivity index (χ1n) is 9.04. The number of anilines is 1. The number of methoxy groups -OCH3 is 1. The molecule has 0 aromatic heterocycles. The first-order chi connectivity index (χ1) is 14.5. The van der Waals surface area contributed by atoms with Crippen molar-refractivity contribution in [3.05, 3.63) is 71.7 Å². The quantitative estimate of drug-likeness (QED) is 0.510. The van der Waals surface area contributed by atoms with E-state index in [-0.39, 0.29) is 11.4 Å². The van der Waals surface area contributed by atoms with E-state index < -0.39 is 17.1 Å². The van der Waals surface area contributed by atoms with E-state index in [2.05, 4.69) is 11.9 Å². The van der Waals surface area contributed by atoms with E-state index in [0.29, 0.717) is 29.4 Å². The van der Waals surface area contributed by atoms with Crippen LogP contribution >= 0.6 is 11.8 Å². The van der Waals surface area contributed by atoms with Crippen molar-refractivity contribution in [2.45, 2.75) is 0 Å². The maximum absolute atomic E-state index is 12.7. The Hall–Kier alpha value is -3.52. The molecule has 0 saturated carbocycles. The van der Waals surface area contributed by atoms with E-state index in [1.54, 1.807) is 61.7 Å². The molecule has 1 heterocycles. The van der Waals surface area contributed by atoms with E-state index in [0.717, 1.165) is 16.7 Å². The summed E-state index contributed by atoms with van der Waals surface area (Å²) in [5.74, 6) is 0.231. The predicted octanol–water partition coefficient (Wildman–Crippen LogP) is 3.94. The molecule has 0 spiro atoms. The highest BCUT2D eigenvalue weighted by Gasteiger charge is 2.36. The third-order valence-corrected chi connectivity index (χ3v) is 5.02. The van der Waals surface area contributed by atoms with Gasteiger partial charge in [0.05, 0.1) is 12.0 Å². The first kappa shape index (κ1) is 21.2. The van der Waals surface area contributed by atoms with Crippen LogP contribution in [0.1, 0.15) is 5.56 Å². The summed E-state index contributed by atoms with van der Waals surface area (Å²) in [4.78, 5) is 38.4. The standard InChI is InChI=1S/C22H20N2O5S/c1-3-12-29-18-7-5-4-6-15(18)13-19-21(26)24(22(27)30-19)14-20(25)23-16-8-10-17(28-2)11-9-16/h3-11,13H,1,12,14H2,2H3,(H,23,25)/b19-13-. The summed E-state index contributed by atoms with van der Waals surface area (Å²) in [6.45, 7) is 3.56. The van der Waals surface area contributed by atoms with Crippen molar-refractivity contribution in [2.75, 3.05) is 25.6 Å². The lowest BCUT2D eigenvalue weighted by molar-refractivity contribution is -0.127. The molecule has 0 radical (unpaired) electrons. The van der Waals surface area contributed by atoms with Crippen LogP contribution in [-0.2, 0) is 9.59 Å². The second-order valence-electron chi connectivity index (χ2n) is 6.18. The maximum atomic E-state index is 12.7. The van der Waals surface area contributed by atoms with Crippen molar-refractivity contribution in [1.82, 2.24) is 4.90 Å². The van der Waals surface area contributed by atoms with Gasteiger partial charge in [0.25, 0.3) is 11.1 Å². The van der Waals surface area contributed by atoms with Crippen LogP contribution in [-0.4, -0.2) is 42.2 Å². The number of ether oxygens (including phenoxy) is 2. The lowest BCUT2D eigenvalue weighted by Crippen LogP contribution is -2.36. The minimum absolute atomic E-state index is 0.229. The number of amides is 3. The Labute approximate surface area is 178 Å². The van der Waals surface area contributed by atoms with Crippen LogP contribution in [0.15, 0.2) is 66.1 Å². The predicted molar refractivity (Wildman–Crippen MR) is 116 cm³/mol. The average Bonchev–Trinajstić information content (AvgIpc) is 3.01. The number of nitrogens with one attached hydrogen (secondary N) is 1. The van der Waals surface area contributed by atoms with Crippen molar-refractivity contribution >= 4 is 40.6 Å². The molecule has 0 aliphatic carbocycles. The summed E-state index contributed by atoms with van der Waals surface area (Å²) in [6, 6.07) is 13.9. The van der Waals surface area contributed by atoms with Crippen molar-refractivity contribution < 1.29 is 23.9 Å². The monoisotopic (exact) mass is 424 g/mol. The molecule has 30 heavy (non-hydrogen) atoms. The molecule has 7 nitrogen and oxygen atoms in total. The molecular weight excluding hydrogens is 404 g/mol. The van der Waals surface area contributed by atoms with Gasteiger partial charge in [0.15, 0.2) is 0 Å². The zero-order chi connectivity index (χ0) is 21.5. The third-order valence-electron chi connectivity index (χ3n) is 4.11. The van der Waals surface area contributed by atoms with Crippen LogP contribution < -0.4 is 14.8 Å². The fraction of sp³-hybridized carbons (Fsp3) is 0.136. The summed E-state index contributed by atoms with van der Waals surface area (Å²) < 4.78 is 10.6. The molecule has 1 saturated heterocycles. The Morgan fingerprint density at radius 2 is 1.90 bits per heavy atom. The highest BCUT2D eigenvalue weighted by Crippen LogP contribution is 2.34. The van der Waals surface area contributed by atoms with Crippen LogP contribution in [0.2, 0.25) is 0 Å². The number of carbonyl (C=O) groups is 3. The Morgan fingerprint density at radius 3 is 2.60 bits per heavy atom. The molecule has 3 rings (SSSR count). The molecule has 1 aliphatic heterocycles. The van der Waals surface area contributed by atoms with Crippen molar-refractivity contribution in [3.8, 4) is 11.5 Å². The summed E-state index contributed by atoms with van der Waals surface area (Å²) >= 11 is 0.789. The number of thioether (sulfide) groups is 1. The number of carbonyl (C=O) groups excluding carboxylic acids is 3. The Kier molecular flexibility index (Phi) is 6.92. The molecule has 1 fully saturated rings. The van der Waals surface area contributed by atoms with Gasteiger partial charge in [-0.3, -0.25) is 19.3 Å². The molecule has 0 bridgehead atoms. The summed E-state index contributed by atoms with van der Waals surface area (Å²) in [5.41, 5.74) is 1.20. The number of nitrogens with zero attached hydrogens (tertiary/aromatic N) is 1. The van der Waals surface area contributed by atoms with Gasteiger partial charge in [-0.15, -0.1) is 0 Å². The van der Waals surface area contributed by atoms with Crippen LogP contribution in [0, 0.1) is 0 Å². The molecular formula is C22H20N2O5S. The fourth-order valence-electron chi connectivity index (χ4n) is 2.68. The SMILES string of the molecule is C=CCOc1ccccc1/C=C1\SC(=O)N(CC(=O)Nc2ccc(OC)cc2)C1=O. The topological polar surface area (TPSA) is 84.9 Å². The minimum Gasteiger partial charge on any atom is -0.497 e. The summed E-state index contributed by atoms with van der Waals surface area (Å²) in [7, 11) is 1.55. The van der Waals surface area contributed by atoms with Crippen molar-refractivity contribution in [3.63, 3.8) is 0 Å². The average molecular weight is 424 g/mol. The van der Waals surface area contributed by atoms with Crippen LogP contribution in [0.25, 0.3) is 6.08 Å². The van der Waals surface area contributed by atoms with E-state index in [1.165, 1.54) is 0 Å². The second-order valence-corrected chi connectivity index (χ2v) is 7.18. The molecule has 2 aromatic rings. The lowest BCUT2D eigenvalue weighted by atomic mass is 10.2. The van der Waals surface area contributed by atoms with Gasteiger partial charge in [-0.1, -0.05) is 30.9 Å². The molecule has 3 amide bonds. The van der Waals surface area contributed by atoms with E-state index >= 15 is 0 Å². The van der Waals surface area contributed by atoms with E-state index in [9.17, 15) is 14.4 Å². The summed E-state index contributed by atoms with van der Waals surface area (Å²) in [6.07, 6.45) is 3.21.